The Labute approximate surface area is 99.9 Å². The fourth-order valence-corrected chi connectivity index (χ4v) is 1.45. The zero-order chi connectivity index (χ0) is 12.8. The molecule has 1 unspecified atom stereocenters. The van der Waals surface area contributed by atoms with Crippen LogP contribution in [0.25, 0.3) is 0 Å². The van der Waals surface area contributed by atoms with E-state index in [0.29, 0.717) is 5.92 Å². The summed E-state index contributed by atoms with van der Waals surface area (Å²) in [6.45, 7) is 12.7. The molecule has 3 nitrogen and oxygen atoms in total. The first-order chi connectivity index (χ1) is 7.26. The predicted octanol–water partition coefficient (Wildman–Crippen LogP) is 2.74. The second kappa shape index (κ2) is 6.89. The molecule has 0 aliphatic rings. The topological polar surface area (TPSA) is 38.3 Å². The molecule has 0 aliphatic carbocycles. The van der Waals surface area contributed by atoms with Crippen LogP contribution < -0.4 is 5.32 Å². The molecule has 96 valence electrons. The van der Waals surface area contributed by atoms with Crippen molar-refractivity contribution in [1.29, 1.82) is 0 Å². The van der Waals surface area contributed by atoms with Crippen molar-refractivity contribution in [3.05, 3.63) is 0 Å². The molecule has 0 aromatic rings. The van der Waals surface area contributed by atoms with E-state index in [0.717, 1.165) is 6.54 Å². The number of rotatable bonds is 6. The molecule has 0 aromatic heterocycles. The van der Waals surface area contributed by atoms with Crippen molar-refractivity contribution >= 4 is 5.97 Å². The minimum absolute atomic E-state index is 0.170. The molecular formula is C13H27NO2. The van der Waals surface area contributed by atoms with Gasteiger partial charge in [-0.2, -0.15) is 0 Å². The number of nitrogens with one attached hydrogen (secondary N) is 1. The maximum atomic E-state index is 11.6. The summed E-state index contributed by atoms with van der Waals surface area (Å²) in [6.07, 6.45) is 2.37. The van der Waals surface area contributed by atoms with Crippen LogP contribution in [-0.2, 0) is 9.53 Å². The van der Waals surface area contributed by atoms with Crippen molar-refractivity contribution in [3.63, 3.8) is 0 Å². The lowest BCUT2D eigenvalue weighted by atomic mass is 10.1. The summed E-state index contributed by atoms with van der Waals surface area (Å²) in [5, 5.41) is 3.22. The molecule has 0 spiro atoms. The second-order valence-electron chi connectivity index (χ2n) is 5.56. The largest absolute Gasteiger partial charge is 0.459 e. The van der Waals surface area contributed by atoms with Crippen LogP contribution in [0.2, 0.25) is 0 Å². The number of hydrogen-bond acceptors (Lipinski definition) is 3. The normalized spacial score (nSPS) is 15.6. The van der Waals surface area contributed by atoms with Gasteiger partial charge in [-0.3, -0.25) is 4.79 Å². The van der Waals surface area contributed by atoms with Gasteiger partial charge in [-0.25, -0.2) is 0 Å². The summed E-state index contributed by atoms with van der Waals surface area (Å²) in [5.41, 5.74) is -0.401. The molecule has 0 heterocycles. The van der Waals surface area contributed by atoms with Gasteiger partial charge in [0, 0.05) is 0 Å². The molecule has 0 amide bonds. The van der Waals surface area contributed by atoms with Crippen LogP contribution in [0.1, 0.15) is 54.4 Å². The highest BCUT2D eigenvalue weighted by Crippen LogP contribution is 2.09. The fraction of sp³-hybridized carbons (Fsp3) is 0.923. The third kappa shape index (κ3) is 7.69. The number of carbonyl (C=O) groups is 1. The van der Waals surface area contributed by atoms with Gasteiger partial charge in [-0.1, -0.05) is 20.3 Å². The Morgan fingerprint density at radius 1 is 1.31 bits per heavy atom. The zero-order valence-corrected chi connectivity index (χ0v) is 11.6. The van der Waals surface area contributed by atoms with E-state index in [1.807, 2.05) is 27.7 Å². The van der Waals surface area contributed by atoms with Gasteiger partial charge in [0.2, 0.25) is 0 Å². The summed E-state index contributed by atoms with van der Waals surface area (Å²) in [7, 11) is 0. The molecule has 0 saturated carbocycles. The lowest BCUT2D eigenvalue weighted by Gasteiger charge is -2.23. The smallest absolute Gasteiger partial charge is 0.323 e. The Balaban J connectivity index is 3.88. The molecule has 0 aromatic carbocycles. The molecule has 0 saturated heterocycles. The van der Waals surface area contributed by atoms with Crippen LogP contribution >= 0.6 is 0 Å². The first-order valence-electron chi connectivity index (χ1n) is 6.22. The maximum Gasteiger partial charge on any atom is 0.323 e. The van der Waals surface area contributed by atoms with Crippen molar-refractivity contribution < 1.29 is 9.53 Å². The van der Waals surface area contributed by atoms with E-state index >= 15 is 0 Å². The van der Waals surface area contributed by atoms with Gasteiger partial charge in [0.15, 0.2) is 0 Å². The van der Waals surface area contributed by atoms with Crippen LogP contribution in [0.4, 0.5) is 0 Å². The zero-order valence-electron chi connectivity index (χ0n) is 11.6. The van der Waals surface area contributed by atoms with Crippen LogP contribution in [0.5, 0.6) is 0 Å². The molecule has 1 N–H and O–H groups in total. The molecule has 0 rings (SSSR count). The van der Waals surface area contributed by atoms with Gasteiger partial charge >= 0.3 is 5.97 Å². The van der Waals surface area contributed by atoms with Gasteiger partial charge in [-0.15, -0.1) is 0 Å². The van der Waals surface area contributed by atoms with E-state index in [1.54, 1.807) is 0 Å². The first kappa shape index (κ1) is 15.4. The molecular weight excluding hydrogens is 202 g/mol. The van der Waals surface area contributed by atoms with Crippen molar-refractivity contribution in [1.82, 2.24) is 5.32 Å². The molecule has 2 atom stereocenters. The Kier molecular flexibility index (Phi) is 6.65. The minimum atomic E-state index is -0.401. The SMILES string of the molecule is CCCC(C)CN[C@H](C)C(=O)OC(C)(C)C. The Bertz CT molecular complexity index is 208. The Hall–Kier alpha value is -0.570. The van der Waals surface area contributed by atoms with Crippen molar-refractivity contribution in [2.45, 2.75) is 66.0 Å². The molecule has 0 radical (unpaired) electrons. The van der Waals surface area contributed by atoms with E-state index in [1.165, 1.54) is 12.8 Å². The average molecular weight is 229 g/mol. The summed E-state index contributed by atoms with van der Waals surface area (Å²) >= 11 is 0. The van der Waals surface area contributed by atoms with Crippen molar-refractivity contribution in [2.75, 3.05) is 6.54 Å². The van der Waals surface area contributed by atoms with Crippen LogP contribution in [0, 0.1) is 5.92 Å². The molecule has 0 fully saturated rings. The van der Waals surface area contributed by atoms with Gasteiger partial charge in [0.05, 0.1) is 0 Å². The maximum absolute atomic E-state index is 11.6. The lowest BCUT2D eigenvalue weighted by Crippen LogP contribution is -2.40. The van der Waals surface area contributed by atoms with E-state index in [2.05, 4.69) is 19.2 Å². The second-order valence-corrected chi connectivity index (χ2v) is 5.56. The van der Waals surface area contributed by atoms with Gasteiger partial charge in [-0.05, 0) is 46.6 Å². The number of esters is 1. The first-order valence-corrected chi connectivity index (χ1v) is 6.22. The molecule has 16 heavy (non-hydrogen) atoms. The van der Waals surface area contributed by atoms with E-state index < -0.39 is 5.60 Å². The highest BCUT2D eigenvalue weighted by Gasteiger charge is 2.21. The number of ether oxygens (including phenoxy) is 1. The number of carbonyl (C=O) groups excluding carboxylic acids is 1. The highest BCUT2D eigenvalue weighted by atomic mass is 16.6. The van der Waals surface area contributed by atoms with Crippen LogP contribution in [-0.4, -0.2) is 24.2 Å². The highest BCUT2D eigenvalue weighted by molar-refractivity contribution is 5.75. The van der Waals surface area contributed by atoms with Gasteiger partial charge in [0.1, 0.15) is 11.6 Å². The summed E-state index contributed by atoms with van der Waals surface area (Å²) in [5.74, 6) is 0.436. The van der Waals surface area contributed by atoms with E-state index in [9.17, 15) is 4.79 Å². The molecule has 3 heteroatoms. The minimum Gasteiger partial charge on any atom is -0.459 e. The standard InChI is InChI=1S/C13H27NO2/c1-7-8-10(2)9-14-11(3)12(15)16-13(4,5)6/h10-11,14H,7-9H2,1-6H3/t10?,11-/m1/s1. The van der Waals surface area contributed by atoms with Crippen molar-refractivity contribution in [3.8, 4) is 0 Å². The average Bonchev–Trinajstić information content (AvgIpc) is 2.11. The third-order valence-electron chi connectivity index (χ3n) is 2.31. The Morgan fingerprint density at radius 2 is 1.88 bits per heavy atom. The molecule has 0 bridgehead atoms. The predicted molar refractivity (Wildman–Crippen MR) is 67.4 cm³/mol. The summed E-state index contributed by atoms with van der Waals surface area (Å²) < 4.78 is 5.29. The van der Waals surface area contributed by atoms with E-state index in [-0.39, 0.29) is 12.0 Å². The third-order valence-corrected chi connectivity index (χ3v) is 2.31. The monoisotopic (exact) mass is 229 g/mol. The summed E-state index contributed by atoms with van der Waals surface area (Å²) in [4.78, 5) is 11.6. The Morgan fingerprint density at radius 3 is 2.31 bits per heavy atom. The van der Waals surface area contributed by atoms with Crippen LogP contribution in [0.15, 0.2) is 0 Å². The fourth-order valence-electron chi connectivity index (χ4n) is 1.45. The van der Waals surface area contributed by atoms with Gasteiger partial charge < -0.3 is 10.1 Å². The van der Waals surface area contributed by atoms with E-state index in [4.69, 9.17) is 4.74 Å². The van der Waals surface area contributed by atoms with Crippen molar-refractivity contribution in [2.24, 2.45) is 5.92 Å². The molecule has 0 aliphatic heterocycles. The quantitative estimate of drug-likeness (QED) is 0.712. The lowest BCUT2D eigenvalue weighted by molar-refractivity contribution is -0.157. The van der Waals surface area contributed by atoms with Crippen LogP contribution in [0.3, 0.4) is 0 Å². The summed E-state index contributed by atoms with van der Waals surface area (Å²) in [6, 6.07) is -0.224. The number of hydrogen-bond donors (Lipinski definition) is 1. The van der Waals surface area contributed by atoms with Gasteiger partial charge in [0.25, 0.3) is 0 Å².